The van der Waals surface area contributed by atoms with Crippen molar-refractivity contribution in [3.05, 3.63) is 0 Å². The molecule has 0 aromatic carbocycles. The third kappa shape index (κ3) is 20.5. The molecule has 21 heavy (non-hydrogen) atoms. The molecule has 0 aromatic rings. The molecule has 2 atom stereocenters. The van der Waals surface area contributed by atoms with Gasteiger partial charge in [-0.25, -0.2) is 0 Å². The van der Waals surface area contributed by atoms with Gasteiger partial charge in [0.2, 0.25) is 0 Å². The molecule has 0 heterocycles. The first-order chi connectivity index (χ1) is 9.52. The molecule has 0 fully saturated rings. The average Bonchev–Trinajstić information content (AvgIpc) is 2.38. The first-order valence-electron chi connectivity index (χ1n) is 8.49. The van der Waals surface area contributed by atoms with Gasteiger partial charge in [-0.05, 0) is 46.8 Å². The monoisotopic (exact) mass is 341 g/mol. The van der Waals surface area contributed by atoms with Gasteiger partial charge in [0.05, 0.1) is 6.10 Å². The van der Waals surface area contributed by atoms with Crippen LogP contribution in [-0.2, 0) is 0 Å². The fourth-order valence-corrected chi connectivity index (χ4v) is 2.66. The predicted octanol–water partition coefficient (Wildman–Crippen LogP) is 5.25. The van der Waals surface area contributed by atoms with Crippen molar-refractivity contribution in [2.45, 2.75) is 89.0 Å². The molecule has 0 aliphatic carbocycles. The van der Waals surface area contributed by atoms with Crippen LogP contribution in [-0.4, -0.2) is 42.1 Å². The first-order valence-corrected chi connectivity index (χ1v) is 8.93. The minimum Gasteiger partial charge on any atom is -0.393 e. The van der Waals surface area contributed by atoms with Gasteiger partial charge in [-0.2, -0.15) is 0 Å². The lowest BCUT2D eigenvalue weighted by Gasteiger charge is -2.13. The summed E-state index contributed by atoms with van der Waals surface area (Å²) in [4.78, 5) is 2.20. The quantitative estimate of drug-likeness (QED) is 0.344. The molecular weight excluding hydrogens is 305 g/mol. The third-order valence-corrected chi connectivity index (χ3v) is 4.22. The Kier molecular flexibility index (Phi) is 19.1. The molecule has 0 rings (SSSR count). The lowest BCUT2D eigenvalue weighted by Crippen LogP contribution is -2.16. The molecule has 0 aromatic heterocycles. The molecule has 0 saturated carbocycles. The molecule has 2 nitrogen and oxygen atoms in total. The third-order valence-electron chi connectivity index (χ3n) is 3.78. The Balaban J connectivity index is 0. The Morgan fingerprint density at radius 3 is 1.67 bits per heavy atom. The molecular formula is C17H37Cl2NO. The smallest absolute Gasteiger partial charge is 0.0512 e. The van der Waals surface area contributed by atoms with E-state index in [1.807, 2.05) is 6.92 Å². The van der Waals surface area contributed by atoms with Crippen LogP contribution in [0.2, 0.25) is 0 Å². The summed E-state index contributed by atoms with van der Waals surface area (Å²) in [6, 6.07) is 0. The van der Waals surface area contributed by atoms with Crippen molar-refractivity contribution in [3.63, 3.8) is 0 Å². The highest BCUT2D eigenvalue weighted by atomic mass is 35.5. The summed E-state index contributed by atoms with van der Waals surface area (Å²) in [6.45, 7) is 2.98. The number of aliphatic hydroxyl groups excluding tert-OH is 1. The highest BCUT2D eigenvalue weighted by Gasteiger charge is 2.04. The van der Waals surface area contributed by atoms with Crippen LogP contribution in [0, 0.1) is 0 Å². The van der Waals surface area contributed by atoms with Crippen molar-refractivity contribution in [1.29, 1.82) is 0 Å². The number of aliphatic hydroxyl groups is 1. The van der Waals surface area contributed by atoms with Gasteiger partial charge in [-0.1, -0.05) is 51.4 Å². The zero-order valence-corrected chi connectivity index (χ0v) is 15.9. The van der Waals surface area contributed by atoms with Gasteiger partial charge in [-0.3, -0.25) is 0 Å². The van der Waals surface area contributed by atoms with E-state index in [2.05, 4.69) is 19.0 Å². The molecule has 0 bridgehead atoms. The Bertz CT molecular complexity index is 201. The number of alkyl halides is 1. The molecule has 2 unspecified atom stereocenters. The van der Waals surface area contributed by atoms with Crippen LogP contribution in [0.25, 0.3) is 0 Å². The number of nitrogens with zero attached hydrogens (tertiary/aromatic N) is 1. The molecule has 0 aliphatic heterocycles. The summed E-state index contributed by atoms with van der Waals surface area (Å²) in [6.07, 6.45) is 13.6. The second-order valence-corrected chi connectivity index (χ2v) is 7.06. The Morgan fingerprint density at radius 1 is 0.810 bits per heavy atom. The SMILES string of the molecule is CC(O)CCCCCCCCCCC(Cl)CCN(C)C.Cl. The van der Waals surface area contributed by atoms with Crippen molar-refractivity contribution in [2.24, 2.45) is 0 Å². The number of rotatable bonds is 14. The summed E-state index contributed by atoms with van der Waals surface area (Å²) < 4.78 is 0. The lowest BCUT2D eigenvalue weighted by molar-refractivity contribution is 0.180. The molecule has 1 N–H and O–H groups in total. The fraction of sp³-hybridized carbons (Fsp3) is 1.00. The van der Waals surface area contributed by atoms with Crippen LogP contribution in [0.3, 0.4) is 0 Å². The normalized spacial score (nSPS) is 14.0. The van der Waals surface area contributed by atoms with E-state index < -0.39 is 0 Å². The Labute approximate surface area is 144 Å². The van der Waals surface area contributed by atoms with Crippen molar-refractivity contribution in [2.75, 3.05) is 20.6 Å². The van der Waals surface area contributed by atoms with Crippen molar-refractivity contribution < 1.29 is 5.11 Å². The highest BCUT2D eigenvalue weighted by Crippen LogP contribution is 2.15. The summed E-state index contributed by atoms with van der Waals surface area (Å²) in [5.41, 5.74) is 0. The Morgan fingerprint density at radius 2 is 1.24 bits per heavy atom. The van der Waals surface area contributed by atoms with Crippen molar-refractivity contribution >= 4 is 24.0 Å². The van der Waals surface area contributed by atoms with Gasteiger partial charge < -0.3 is 10.0 Å². The Hall–Kier alpha value is 0.500. The van der Waals surface area contributed by atoms with Gasteiger partial charge in [-0.15, -0.1) is 24.0 Å². The van der Waals surface area contributed by atoms with Gasteiger partial charge in [0.25, 0.3) is 0 Å². The van der Waals surface area contributed by atoms with E-state index in [1.165, 1.54) is 57.8 Å². The number of hydrogen-bond donors (Lipinski definition) is 1. The molecule has 0 spiro atoms. The van der Waals surface area contributed by atoms with E-state index in [-0.39, 0.29) is 18.5 Å². The van der Waals surface area contributed by atoms with Gasteiger partial charge in [0.1, 0.15) is 0 Å². The first kappa shape index (κ1) is 23.8. The van der Waals surface area contributed by atoms with E-state index in [1.54, 1.807) is 0 Å². The van der Waals surface area contributed by atoms with E-state index in [0.717, 1.165) is 19.4 Å². The molecule has 0 saturated heterocycles. The predicted molar refractivity (Wildman–Crippen MR) is 97.9 cm³/mol. The number of unbranched alkanes of at least 4 members (excludes halogenated alkanes) is 7. The molecule has 0 aliphatic rings. The summed E-state index contributed by atoms with van der Waals surface area (Å²) >= 11 is 6.30. The second kappa shape index (κ2) is 16.9. The van der Waals surface area contributed by atoms with Crippen molar-refractivity contribution in [3.8, 4) is 0 Å². The van der Waals surface area contributed by atoms with Crippen LogP contribution < -0.4 is 0 Å². The van der Waals surface area contributed by atoms with Crippen LogP contribution in [0.4, 0.5) is 0 Å². The minimum absolute atomic E-state index is 0. The van der Waals surface area contributed by atoms with Crippen LogP contribution in [0.1, 0.15) is 77.6 Å². The average molecular weight is 342 g/mol. The molecule has 4 heteroatoms. The second-order valence-electron chi connectivity index (χ2n) is 6.44. The fourth-order valence-electron chi connectivity index (χ4n) is 2.41. The van der Waals surface area contributed by atoms with E-state index in [9.17, 15) is 0 Å². The van der Waals surface area contributed by atoms with Crippen LogP contribution >= 0.6 is 24.0 Å². The van der Waals surface area contributed by atoms with Crippen LogP contribution in [0.15, 0.2) is 0 Å². The highest BCUT2D eigenvalue weighted by molar-refractivity contribution is 6.20. The van der Waals surface area contributed by atoms with E-state index in [0.29, 0.717) is 5.38 Å². The lowest BCUT2D eigenvalue weighted by atomic mass is 10.0. The summed E-state index contributed by atoms with van der Waals surface area (Å²) in [7, 11) is 4.20. The minimum atomic E-state index is -0.119. The summed E-state index contributed by atoms with van der Waals surface area (Å²) in [5.74, 6) is 0. The molecule has 0 amide bonds. The van der Waals surface area contributed by atoms with Crippen molar-refractivity contribution in [1.82, 2.24) is 4.90 Å². The van der Waals surface area contributed by atoms with E-state index >= 15 is 0 Å². The molecule has 0 radical (unpaired) electrons. The number of hydrogen-bond acceptors (Lipinski definition) is 2. The maximum absolute atomic E-state index is 9.15. The zero-order valence-electron chi connectivity index (χ0n) is 14.3. The van der Waals surface area contributed by atoms with Gasteiger partial charge in [0.15, 0.2) is 0 Å². The maximum Gasteiger partial charge on any atom is 0.0512 e. The number of halogens is 2. The van der Waals surface area contributed by atoms with E-state index in [4.69, 9.17) is 16.7 Å². The zero-order chi connectivity index (χ0) is 15.2. The standard InChI is InChI=1S/C17H36ClNO.ClH/c1-16(20)12-10-8-6-4-5-7-9-11-13-17(18)14-15-19(2)3;/h16-17,20H,4-15H2,1-3H3;1H. The van der Waals surface area contributed by atoms with Gasteiger partial charge in [0, 0.05) is 5.38 Å². The summed E-state index contributed by atoms with van der Waals surface area (Å²) in [5, 5.41) is 9.51. The topological polar surface area (TPSA) is 23.5 Å². The molecule has 130 valence electrons. The van der Waals surface area contributed by atoms with Gasteiger partial charge >= 0.3 is 0 Å². The van der Waals surface area contributed by atoms with Crippen LogP contribution in [0.5, 0.6) is 0 Å². The largest absolute Gasteiger partial charge is 0.393 e. The maximum atomic E-state index is 9.15.